The summed E-state index contributed by atoms with van der Waals surface area (Å²) >= 11 is 0. The number of piperidine rings is 1. The Morgan fingerprint density at radius 1 is 1.39 bits per heavy atom. The number of nitrogens with one attached hydrogen (secondary N) is 2. The molecule has 1 aliphatic heterocycles. The van der Waals surface area contributed by atoms with Crippen molar-refractivity contribution in [2.45, 2.75) is 39.2 Å². The monoisotopic (exact) mass is 322 g/mol. The molecule has 1 fully saturated rings. The highest BCUT2D eigenvalue weighted by Gasteiger charge is 2.23. The Bertz CT molecular complexity index is 530. The number of methoxy groups -OCH3 is 1. The number of hydrogen-bond donors (Lipinski definition) is 2. The highest BCUT2D eigenvalue weighted by Crippen LogP contribution is 2.27. The van der Waals surface area contributed by atoms with Crippen LogP contribution in [-0.2, 0) is 4.79 Å². The van der Waals surface area contributed by atoms with Crippen LogP contribution >= 0.6 is 0 Å². The number of carbonyl (C=O) groups excluding carboxylic acids is 1. The van der Waals surface area contributed by atoms with Crippen molar-refractivity contribution in [2.75, 3.05) is 20.2 Å². The van der Waals surface area contributed by atoms with Crippen LogP contribution in [0.5, 0.6) is 5.75 Å². The van der Waals surface area contributed by atoms with E-state index in [4.69, 9.17) is 4.74 Å². The molecule has 2 rings (SSSR count). The molecule has 2 atom stereocenters. The second kappa shape index (κ2) is 8.29. The average Bonchev–Trinajstić information content (AvgIpc) is 2.55. The van der Waals surface area contributed by atoms with Crippen LogP contribution in [0.15, 0.2) is 18.2 Å². The summed E-state index contributed by atoms with van der Waals surface area (Å²) in [5.74, 6) is 1.23. The summed E-state index contributed by atoms with van der Waals surface area (Å²) in [7, 11) is 1.55. The molecular weight excluding hydrogens is 295 g/mol. The smallest absolute Gasteiger partial charge is 0.220 e. The number of amides is 1. The molecule has 0 spiro atoms. The Morgan fingerprint density at radius 3 is 2.74 bits per heavy atom. The summed E-state index contributed by atoms with van der Waals surface area (Å²) < 4.78 is 18.7. The first-order valence-electron chi connectivity index (χ1n) is 8.34. The molecule has 1 heterocycles. The van der Waals surface area contributed by atoms with E-state index < -0.39 is 0 Å². The lowest BCUT2D eigenvalue weighted by molar-refractivity contribution is -0.123. The minimum atomic E-state index is -0.329. The van der Waals surface area contributed by atoms with Gasteiger partial charge in [-0.05, 0) is 62.9 Å². The second-order valence-electron chi connectivity index (χ2n) is 6.44. The zero-order chi connectivity index (χ0) is 16.8. The van der Waals surface area contributed by atoms with Gasteiger partial charge in [-0.3, -0.25) is 4.79 Å². The summed E-state index contributed by atoms with van der Waals surface area (Å²) in [4.78, 5) is 12.3. The molecule has 5 heteroatoms. The standard InChI is InChI=1S/C18H27FN2O2/c1-12(14-6-8-20-9-7-14)10-18(22)21-13(2)16-11-15(19)4-5-17(16)23-3/h4-5,11-14,20H,6-10H2,1-3H3,(H,21,22). The van der Waals surface area contributed by atoms with Crippen LogP contribution < -0.4 is 15.4 Å². The molecule has 0 bridgehead atoms. The lowest BCUT2D eigenvalue weighted by atomic mass is 9.84. The molecule has 1 saturated heterocycles. The van der Waals surface area contributed by atoms with Gasteiger partial charge < -0.3 is 15.4 Å². The van der Waals surface area contributed by atoms with Gasteiger partial charge in [0.25, 0.3) is 0 Å². The van der Waals surface area contributed by atoms with Crippen molar-refractivity contribution in [1.29, 1.82) is 0 Å². The van der Waals surface area contributed by atoms with Crippen LogP contribution in [0.1, 0.15) is 44.7 Å². The quantitative estimate of drug-likeness (QED) is 0.846. The van der Waals surface area contributed by atoms with Gasteiger partial charge in [-0.15, -0.1) is 0 Å². The minimum Gasteiger partial charge on any atom is -0.496 e. The fourth-order valence-corrected chi connectivity index (χ4v) is 3.29. The second-order valence-corrected chi connectivity index (χ2v) is 6.44. The fraction of sp³-hybridized carbons (Fsp3) is 0.611. The summed E-state index contributed by atoms with van der Waals surface area (Å²) in [6.07, 6.45) is 2.76. The Morgan fingerprint density at radius 2 is 2.09 bits per heavy atom. The molecule has 0 saturated carbocycles. The first-order valence-corrected chi connectivity index (χ1v) is 8.34. The number of hydrogen-bond acceptors (Lipinski definition) is 3. The number of halogens is 1. The van der Waals surface area contributed by atoms with Crippen LogP contribution in [-0.4, -0.2) is 26.1 Å². The zero-order valence-electron chi connectivity index (χ0n) is 14.2. The van der Waals surface area contributed by atoms with Crippen LogP contribution in [0.2, 0.25) is 0 Å². The van der Waals surface area contributed by atoms with Crippen LogP contribution in [0.3, 0.4) is 0 Å². The molecule has 0 radical (unpaired) electrons. The van der Waals surface area contributed by atoms with Crippen molar-refractivity contribution < 1.29 is 13.9 Å². The third-order valence-electron chi connectivity index (χ3n) is 4.73. The highest BCUT2D eigenvalue weighted by atomic mass is 19.1. The van der Waals surface area contributed by atoms with E-state index in [1.165, 1.54) is 12.1 Å². The van der Waals surface area contributed by atoms with Gasteiger partial charge in [0, 0.05) is 12.0 Å². The maximum atomic E-state index is 13.5. The molecule has 2 unspecified atom stereocenters. The van der Waals surface area contributed by atoms with Crippen molar-refractivity contribution in [3.05, 3.63) is 29.6 Å². The molecule has 0 aliphatic carbocycles. The first-order chi connectivity index (χ1) is 11.0. The first kappa shape index (κ1) is 17.7. The fourth-order valence-electron chi connectivity index (χ4n) is 3.29. The van der Waals surface area contributed by atoms with Gasteiger partial charge in [0.1, 0.15) is 11.6 Å². The van der Waals surface area contributed by atoms with Crippen LogP contribution in [0.25, 0.3) is 0 Å². The molecule has 1 amide bonds. The van der Waals surface area contributed by atoms with Crippen LogP contribution in [0, 0.1) is 17.7 Å². The Labute approximate surface area is 137 Å². The number of ether oxygens (including phenoxy) is 1. The number of benzene rings is 1. The summed E-state index contributed by atoms with van der Waals surface area (Å²) in [6, 6.07) is 4.08. The molecule has 128 valence electrons. The Hall–Kier alpha value is -1.62. The molecule has 4 nitrogen and oxygen atoms in total. The molecular formula is C18H27FN2O2. The number of rotatable bonds is 6. The Kier molecular flexibility index (Phi) is 6.39. The van der Waals surface area contributed by atoms with Gasteiger partial charge in [0.15, 0.2) is 0 Å². The molecule has 1 aromatic carbocycles. The summed E-state index contributed by atoms with van der Waals surface area (Å²) in [5, 5.41) is 6.31. The van der Waals surface area contributed by atoms with E-state index in [2.05, 4.69) is 17.6 Å². The van der Waals surface area contributed by atoms with Gasteiger partial charge >= 0.3 is 0 Å². The molecule has 0 aromatic heterocycles. The van der Waals surface area contributed by atoms with Crippen molar-refractivity contribution >= 4 is 5.91 Å². The van der Waals surface area contributed by atoms with E-state index in [1.54, 1.807) is 13.2 Å². The third kappa shape index (κ3) is 4.93. The average molecular weight is 322 g/mol. The van der Waals surface area contributed by atoms with Gasteiger partial charge in [-0.1, -0.05) is 6.92 Å². The zero-order valence-corrected chi connectivity index (χ0v) is 14.2. The van der Waals surface area contributed by atoms with Crippen molar-refractivity contribution in [1.82, 2.24) is 10.6 Å². The van der Waals surface area contributed by atoms with Crippen LogP contribution in [0.4, 0.5) is 4.39 Å². The van der Waals surface area contributed by atoms with E-state index in [0.29, 0.717) is 29.6 Å². The minimum absolute atomic E-state index is 0.00912. The third-order valence-corrected chi connectivity index (χ3v) is 4.73. The van der Waals surface area contributed by atoms with E-state index in [0.717, 1.165) is 25.9 Å². The maximum Gasteiger partial charge on any atom is 0.220 e. The molecule has 23 heavy (non-hydrogen) atoms. The molecule has 1 aliphatic rings. The lowest BCUT2D eigenvalue weighted by Crippen LogP contribution is -2.34. The van der Waals surface area contributed by atoms with Crippen molar-refractivity contribution in [2.24, 2.45) is 11.8 Å². The summed E-state index contributed by atoms with van der Waals surface area (Å²) in [6.45, 7) is 6.06. The van der Waals surface area contributed by atoms with E-state index in [-0.39, 0.29) is 17.8 Å². The maximum absolute atomic E-state index is 13.5. The van der Waals surface area contributed by atoms with Gasteiger partial charge in [0.2, 0.25) is 5.91 Å². The van der Waals surface area contributed by atoms with E-state index >= 15 is 0 Å². The van der Waals surface area contributed by atoms with E-state index in [9.17, 15) is 9.18 Å². The Balaban J connectivity index is 1.92. The predicted octanol–water partition coefficient (Wildman–Crippen LogP) is 3.04. The SMILES string of the molecule is COc1ccc(F)cc1C(C)NC(=O)CC(C)C1CCNCC1. The normalized spacial score (nSPS) is 18.3. The topological polar surface area (TPSA) is 50.4 Å². The molecule has 1 aromatic rings. The number of carbonyl (C=O) groups is 1. The van der Waals surface area contributed by atoms with Crippen molar-refractivity contribution in [3.63, 3.8) is 0 Å². The van der Waals surface area contributed by atoms with Gasteiger partial charge in [-0.25, -0.2) is 4.39 Å². The van der Waals surface area contributed by atoms with Gasteiger partial charge in [-0.2, -0.15) is 0 Å². The van der Waals surface area contributed by atoms with Crippen molar-refractivity contribution in [3.8, 4) is 5.75 Å². The highest BCUT2D eigenvalue weighted by molar-refractivity contribution is 5.76. The molecule has 2 N–H and O–H groups in total. The predicted molar refractivity (Wildman–Crippen MR) is 88.9 cm³/mol. The summed E-state index contributed by atoms with van der Waals surface area (Å²) in [5.41, 5.74) is 0.662. The largest absolute Gasteiger partial charge is 0.496 e. The lowest BCUT2D eigenvalue weighted by Gasteiger charge is -2.28. The van der Waals surface area contributed by atoms with E-state index in [1.807, 2.05) is 6.92 Å². The van der Waals surface area contributed by atoms with Gasteiger partial charge in [0.05, 0.1) is 13.2 Å².